The molecule has 0 amide bonds. The molecule has 0 radical (unpaired) electrons. The lowest BCUT2D eigenvalue weighted by molar-refractivity contribution is -0.142. The lowest BCUT2D eigenvalue weighted by Crippen LogP contribution is -2.37. The van der Waals surface area contributed by atoms with Crippen molar-refractivity contribution in [2.75, 3.05) is 7.05 Å². The first-order valence-electron chi connectivity index (χ1n) is 5.23. The monoisotopic (exact) mass is 226 g/mol. The molecular formula is C11H18N2O3. The Morgan fingerprint density at radius 3 is 2.38 bits per heavy atom. The molecule has 16 heavy (non-hydrogen) atoms. The fraction of sp³-hybridized carbons (Fsp3) is 0.636. The molecule has 2 atom stereocenters. The number of carboxylic acid groups (broad SMARTS) is 1. The minimum absolute atomic E-state index is 0.0800. The summed E-state index contributed by atoms with van der Waals surface area (Å²) < 4.78 is 5.34. The average Bonchev–Trinajstić information content (AvgIpc) is 2.54. The van der Waals surface area contributed by atoms with Gasteiger partial charge in [0.1, 0.15) is 11.8 Å². The lowest BCUT2D eigenvalue weighted by Gasteiger charge is -2.27. The van der Waals surface area contributed by atoms with E-state index in [9.17, 15) is 4.79 Å². The van der Waals surface area contributed by atoms with Gasteiger partial charge in [-0.1, -0.05) is 0 Å². The fourth-order valence-electron chi connectivity index (χ4n) is 1.64. The van der Waals surface area contributed by atoms with Gasteiger partial charge in [-0.3, -0.25) is 9.69 Å². The predicted molar refractivity (Wildman–Crippen MR) is 59.3 cm³/mol. The van der Waals surface area contributed by atoms with Crippen LogP contribution in [0.2, 0.25) is 0 Å². The fourth-order valence-corrected chi connectivity index (χ4v) is 1.64. The Morgan fingerprint density at radius 1 is 1.44 bits per heavy atom. The largest absolute Gasteiger partial charge is 0.480 e. The van der Waals surface area contributed by atoms with Crippen molar-refractivity contribution in [3.8, 4) is 0 Å². The second-order valence-electron chi connectivity index (χ2n) is 4.03. The van der Waals surface area contributed by atoms with Crippen LogP contribution >= 0.6 is 0 Å². The normalized spacial score (nSPS) is 15.1. The quantitative estimate of drug-likeness (QED) is 0.847. The molecule has 5 nitrogen and oxygen atoms in total. The van der Waals surface area contributed by atoms with Crippen LogP contribution in [0.15, 0.2) is 4.42 Å². The smallest absolute Gasteiger partial charge is 0.320 e. The standard InChI is InChI=1S/C11H18N2O3/c1-6(13(5)7(2)11(14)15)10-8(3)16-9(4)12-10/h6-7H,1-5H3,(H,14,15). The van der Waals surface area contributed by atoms with Crippen molar-refractivity contribution >= 4 is 5.97 Å². The molecule has 1 aromatic heterocycles. The molecule has 0 bridgehead atoms. The van der Waals surface area contributed by atoms with Crippen molar-refractivity contribution in [3.63, 3.8) is 0 Å². The van der Waals surface area contributed by atoms with Crippen LogP contribution in [0.5, 0.6) is 0 Å². The molecule has 1 aromatic rings. The first kappa shape index (κ1) is 12.7. The third-order valence-corrected chi connectivity index (χ3v) is 2.91. The zero-order valence-corrected chi connectivity index (χ0v) is 10.3. The summed E-state index contributed by atoms with van der Waals surface area (Å²) in [5.74, 6) is 0.511. The Balaban J connectivity index is 2.89. The summed E-state index contributed by atoms with van der Waals surface area (Å²) in [6.07, 6.45) is 0. The van der Waals surface area contributed by atoms with E-state index in [0.29, 0.717) is 5.89 Å². The number of aryl methyl sites for hydroxylation is 2. The number of hydrogen-bond acceptors (Lipinski definition) is 4. The van der Waals surface area contributed by atoms with Crippen LogP contribution in [0.25, 0.3) is 0 Å². The van der Waals surface area contributed by atoms with E-state index in [1.165, 1.54) is 0 Å². The van der Waals surface area contributed by atoms with Gasteiger partial charge >= 0.3 is 5.97 Å². The maximum atomic E-state index is 10.9. The molecule has 90 valence electrons. The summed E-state index contributed by atoms with van der Waals surface area (Å²) in [4.78, 5) is 16.9. The number of aromatic nitrogens is 1. The van der Waals surface area contributed by atoms with Crippen LogP contribution < -0.4 is 0 Å². The van der Waals surface area contributed by atoms with Gasteiger partial charge in [0.05, 0.1) is 11.7 Å². The van der Waals surface area contributed by atoms with Gasteiger partial charge < -0.3 is 9.52 Å². The van der Waals surface area contributed by atoms with Gasteiger partial charge in [-0.25, -0.2) is 4.98 Å². The highest BCUT2D eigenvalue weighted by Gasteiger charge is 2.25. The van der Waals surface area contributed by atoms with Crippen LogP contribution in [-0.4, -0.2) is 34.0 Å². The molecule has 0 spiro atoms. The molecular weight excluding hydrogens is 208 g/mol. The van der Waals surface area contributed by atoms with Gasteiger partial charge in [0.2, 0.25) is 0 Å². The van der Waals surface area contributed by atoms with E-state index in [0.717, 1.165) is 11.5 Å². The van der Waals surface area contributed by atoms with Crippen molar-refractivity contribution in [2.45, 2.75) is 39.8 Å². The molecule has 0 aliphatic carbocycles. The van der Waals surface area contributed by atoms with Crippen LogP contribution in [0.4, 0.5) is 0 Å². The molecule has 0 saturated heterocycles. The molecule has 0 saturated carbocycles. The van der Waals surface area contributed by atoms with Crippen LogP contribution in [-0.2, 0) is 4.79 Å². The summed E-state index contributed by atoms with van der Waals surface area (Å²) in [6.45, 7) is 7.19. The number of hydrogen-bond donors (Lipinski definition) is 1. The number of oxazole rings is 1. The Hall–Kier alpha value is -1.36. The van der Waals surface area contributed by atoms with E-state index < -0.39 is 12.0 Å². The van der Waals surface area contributed by atoms with E-state index in [2.05, 4.69) is 4.98 Å². The Morgan fingerprint density at radius 2 is 2.00 bits per heavy atom. The zero-order chi connectivity index (χ0) is 12.5. The van der Waals surface area contributed by atoms with Gasteiger partial charge in [0.15, 0.2) is 5.89 Å². The van der Waals surface area contributed by atoms with Crippen molar-refractivity contribution in [1.82, 2.24) is 9.88 Å². The maximum Gasteiger partial charge on any atom is 0.320 e. The minimum atomic E-state index is -0.841. The number of carboxylic acids is 1. The lowest BCUT2D eigenvalue weighted by atomic mass is 10.1. The van der Waals surface area contributed by atoms with Gasteiger partial charge in [-0.05, 0) is 27.8 Å². The van der Waals surface area contributed by atoms with E-state index >= 15 is 0 Å². The first-order valence-corrected chi connectivity index (χ1v) is 5.23. The van der Waals surface area contributed by atoms with Crippen molar-refractivity contribution < 1.29 is 14.3 Å². The van der Waals surface area contributed by atoms with Crippen molar-refractivity contribution in [1.29, 1.82) is 0 Å². The van der Waals surface area contributed by atoms with Crippen LogP contribution in [0, 0.1) is 13.8 Å². The molecule has 1 N–H and O–H groups in total. The topological polar surface area (TPSA) is 66.6 Å². The highest BCUT2D eigenvalue weighted by atomic mass is 16.4. The highest BCUT2D eigenvalue weighted by molar-refractivity contribution is 5.72. The minimum Gasteiger partial charge on any atom is -0.480 e. The predicted octanol–water partition coefficient (Wildman–Crippen LogP) is 1.76. The SMILES string of the molecule is Cc1nc(C(C)N(C)C(C)C(=O)O)c(C)o1. The summed E-state index contributed by atoms with van der Waals surface area (Å²) in [5.41, 5.74) is 0.799. The summed E-state index contributed by atoms with van der Waals surface area (Å²) in [5, 5.41) is 8.94. The Labute approximate surface area is 95.1 Å². The molecule has 0 aromatic carbocycles. The number of aliphatic carboxylic acids is 1. The van der Waals surface area contributed by atoms with Crippen LogP contribution in [0.1, 0.15) is 37.2 Å². The number of nitrogens with zero attached hydrogens (tertiary/aromatic N) is 2. The van der Waals surface area contributed by atoms with Gasteiger partial charge in [0.25, 0.3) is 0 Å². The summed E-state index contributed by atoms with van der Waals surface area (Å²) in [6, 6.07) is -0.630. The number of likely N-dealkylation sites (N-methyl/N-ethyl adjacent to an activating group) is 1. The third kappa shape index (κ3) is 2.41. The molecule has 5 heteroatoms. The molecule has 1 heterocycles. The molecule has 0 fully saturated rings. The molecule has 0 aliphatic heterocycles. The van der Waals surface area contributed by atoms with Gasteiger partial charge in [-0.2, -0.15) is 0 Å². The summed E-state index contributed by atoms with van der Waals surface area (Å²) in [7, 11) is 1.77. The van der Waals surface area contributed by atoms with E-state index in [1.807, 2.05) is 13.8 Å². The second kappa shape index (κ2) is 4.65. The zero-order valence-electron chi connectivity index (χ0n) is 10.3. The van der Waals surface area contributed by atoms with E-state index in [4.69, 9.17) is 9.52 Å². The van der Waals surface area contributed by atoms with Gasteiger partial charge in [-0.15, -0.1) is 0 Å². The first-order chi connectivity index (χ1) is 7.34. The maximum absolute atomic E-state index is 10.9. The second-order valence-corrected chi connectivity index (χ2v) is 4.03. The molecule has 2 unspecified atom stereocenters. The summed E-state index contributed by atoms with van der Waals surface area (Å²) >= 11 is 0. The van der Waals surface area contributed by atoms with E-state index in [1.54, 1.807) is 25.8 Å². The van der Waals surface area contributed by atoms with Crippen LogP contribution in [0.3, 0.4) is 0 Å². The Kier molecular flexibility index (Phi) is 3.70. The Bertz CT molecular complexity index is 387. The van der Waals surface area contributed by atoms with Crippen molar-refractivity contribution in [3.05, 3.63) is 17.3 Å². The number of rotatable bonds is 4. The highest BCUT2D eigenvalue weighted by Crippen LogP contribution is 2.23. The number of carbonyl (C=O) groups is 1. The van der Waals surface area contributed by atoms with E-state index in [-0.39, 0.29) is 6.04 Å². The van der Waals surface area contributed by atoms with Crippen molar-refractivity contribution in [2.24, 2.45) is 0 Å². The third-order valence-electron chi connectivity index (χ3n) is 2.91. The molecule has 1 rings (SSSR count). The molecule has 0 aliphatic rings. The van der Waals surface area contributed by atoms with Gasteiger partial charge in [0, 0.05) is 6.92 Å². The average molecular weight is 226 g/mol.